The molecule has 0 amide bonds. The minimum absolute atomic E-state index is 0.336. The van der Waals surface area contributed by atoms with Crippen LogP contribution in [-0.2, 0) is 0 Å². The maximum absolute atomic E-state index is 9.59. The number of nitrogens with one attached hydrogen (secondary N) is 1. The van der Waals surface area contributed by atoms with Crippen LogP contribution in [0.25, 0.3) is 0 Å². The third-order valence-corrected chi connectivity index (χ3v) is 3.80. The van der Waals surface area contributed by atoms with E-state index >= 15 is 0 Å². The fourth-order valence-corrected chi connectivity index (χ4v) is 3.01. The first kappa shape index (κ1) is 12.1. The zero-order chi connectivity index (χ0) is 12.1. The number of nitriles is 1. The van der Waals surface area contributed by atoms with Crippen molar-refractivity contribution < 1.29 is 0 Å². The highest BCUT2D eigenvalue weighted by Crippen LogP contribution is 2.40. The van der Waals surface area contributed by atoms with Gasteiger partial charge in [-0.15, -0.1) is 0 Å². The lowest BCUT2D eigenvalue weighted by molar-refractivity contribution is 0.260. The van der Waals surface area contributed by atoms with Gasteiger partial charge < -0.3 is 0 Å². The van der Waals surface area contributed by atoms with Crippen LogP contribution in [-0.4, -0.2) is 12.1 Å². The van der Waals surface area contributed by atoms with E-state index in [9.17, 15) is 5.26 Å². The zero-order valence-corrected chi connectivity index (χ0v) is 10.4. The highest BCUT2D eigenvalue weighted by atomic mass is 15.0. The molecule has 1 aliphatic carbocycles. The van der Waals surface area contributed by atoms with E-state index in [0.717, 1.165) is 25.8 Å². The van der Waals surface area contributed by atoms with E-state index in [1.807, 2.05) is 6.07 Å². The number of rotatable bonds is 3. The standard InChI is InChI=1S/C15H20N2/c1-2-17-15(12-16)11-7-6-10-14(15)13-8-4-3-5-9-13/h3-5,8-9,14,17H,2,6-7,10-11H2,1H3. The average Bonchev–Trinajstić information content (AvgIpc) is 2.40. The Morgan fingerprint density at radius 3 is 2.76 bits per heavy atom. The van der Waals surface area contributed by atoms with Crippen molar-refractivity contribution in [2.24, 2.45) is 0 Å². The van der Waals surface area contributed by atoms with Gasteiger partial charge in [0.2, 0.25) is 0 Å². The Morgan fingerprint density at radius 1 is 1.35 bits per heavy atom. The Hall–Kier alpha value is -1.33. The van der Waals surface area contributed by atoms with Crippen LogP contribution >= 0.6 is 0 Å². The molecule has 2 heteroatoms. The van der Waals surface area contributed by atoms with E-state index in [2.05, 4.69) is 42.6 Å². The van der Waals surface area contributed by atoms with Crippen molar-refractivity contribution in [3.8, 4) is 6.07 Å². The molecule has 0 aromatic heterocycles. The normalized spacial score (nSPS) is 28.6. The molecule has 1 saturated carbocycles. The van der Waals surface area contributed by atoms with Crippen molar-refractivity contribution in [2.75, 3.05) is 6.54 Å². The van der Waals surface area contributed by atoms with Gasteiger partial charge in [-0.2, -0.15) is 5.26 Å². The molecule has 1 N–H and O–H groups in total. The fraction of sp³-hybridized carbons (Fsp3) is 0.533. The van der Waals surface area contributed by atoms with Crippen LogP contribution in [0.15, 0.2) is 30.3 Å². The van der Waals surface area contributed by atoms with Crippen molar-refractivity contribution in [1.82, 2.24) is 5.32 Å². The quantitative estimate of drug-likeness (QED) is 0.862. The van der Waals surface area contributed by atoms with Crippen LogP contribution in [0.3, 0.4) is 0 Å². The van der Waals surface area contributed by atoms with Gasteiger partial charge in [-0.3, -0.25) is 5.32 Å². The number of hydrogen-bond acceptors (Lipinski definition) is 2. The Balaban J connectivity index is 2.32. The molecule has 1 aliphatic rings. The second-order valence-electron chi connectivity index (χ2n) is 4.82. The molecule has 1 aromatic carbocycles. The summed E-state index contributed by atoms with van der Waals surface area (Å²) in [5, 5.41) is 13.0. The van der Waals surface area contributed by atoms with Gasteiger partial charge in [-0.1, -0.05) is 50.1 Å². The highest BCUT2D eigenvalue weighted by Gasteiger charge is 2.41. The Labute approximate surface area is 104 Å². The topological polar surface area (TPSA) is 35.8 Å². The van der Waals surface area contributed by atoms with Gasteiger partial charge >= 0.3 is 0 Å². The molecule has 0 radical (unpaired) electrons. The van der Waals surface area contributed by atoms with Gasteiger partial charge in [-0.25, -0.2) is 0 Å². The number of hydrogen-bond donors (Lipinski definition) is 1. The van der Waals surface area contributed by atoms with E-state index in [1.54, 1.807) is 0 Å². The number of benzene rings is 1. The molecule has 0 saturated heterocycles. The van der Waals surface area contributed by atoms with E-state index in [1.165, 1.54) is 12.0 Å². The van der Waals surface area contributed by atoms with Crippen molar-refractivity contribution in [1.29, 1.82) is 5.26 Å². The first-order valence-electron chi connectivity index (χ1n) is 6.53. The van der Waals surface area contributed by atoms with Gasteiger partial charge in [0.15, 0.2) is 0 Å². The summed E-state index contributed by atoms with van der Waals surface area (Å²) < 4.78 is 0. The largest absolute Gasteiger partial charge is 0.299 e. The van der Waals surface area contributed by atoms with Crippen molar-refractivity contribution >= 4 is 0 Å². The third-order valence-electron chi connectivity index (χ3n) is 3.80. The fourth-order valence-electron chi connectivity index (χ4n) is 3.01. The molecule has 0 aliphatic heterocycles. The van der Waals surface area contributed by atoms with Crippen LogP contribution in [0.5, 0.6) is 0 Å². The van der Waals surface area contributed by atoms with Crippen LogP contribution in [0.1, 0.15) is 44.1 Å². The number of likely N-dealkylation sites (N-methyl/N-ethyl adjacent to an activating group) is 1. The van der Waals surface area contributed by atoms with Gasteiger partial charge in [0, 0.05) is 5.92 Å². The molecule has 1 aromatic rings. The summed E-state index contributed by atoms with van der Waals surface area (Å²) >= 11 is 0. The zero-order valence-electron chi connectivity index (χ0n) is 10.4. The Kier molecular flexibility index (Phi) is 3.81. The molecule has 1 fully saturated rings. The first-order chi connectivity index (χ1) is 8.32. The van der Waals surface area contributed by atoms with Crippen LogP contribution in [0.2, 0.25) is 0 Å². The summed E-state index contributed by atoms with van der Waals surface area (Å²) in [4.78, 5) is 0. The molecular weight excluding hydrogens is 208 g/mol. The molecule has 17 heavy (non-hydrogen) atoms. The van der Waals surface area contributed by atoms with Crippen molar-refractivity contribution in [3.05, 3.63) is 35.9 Å². The summed E-state index contributed by atoms with van der Waals surface area (Å²) in [5.41, 5.74) is 0.948. The van der Waals surface area contributed by atoms with Crippen molar-refractivity contribution in [2.45, 2.75) is 44.1 Å². The van der Waals surface area contributed by atoms with E-state index < -0.39 is 0 Å². The van der Waals surface area contributed by atoms with Gasteiger partial charge in [0.05, 0.1) is 6.07 Å². The lowest BCUT2D eigenvalue weighted by atomic mass is 9.70. The molecule has 2 nitrogen and oxygen atoms in total. The summed E-state index contributed by atoms with van der Waals surface area (Å²) in [6.07, 6.45) is 4.47. The maximum atomic E-state index is 9.59. The Bertz CT molecular complexity index is 389. The van der Waals surface area contributed by atoms with Crippen molar-refractivity contribution in [3.63, 3.8) is 0 Å². The van der Waals surface area contributed by atoms with E-state index in [-0.39, 0.29) is 5.54 Å². The summed E-state index contributed by atoms with van der Waals surface area (Å²) in [6.45, 7) is 2.94. The second-order valence-corrected chi connectivity index (χ2v) is 4.82. The third kappa shape index (κ3) is 2.35. The monoisotopic (exact) mass is 228 g/mol. The molecule has 2 atom stereocenters. The second kappa shape index (κ2) is 5.33. The maximum Gasteiger partial charge on any atom is 0.113 e. The lowest BCUT2D eigenvalue weighted by Gasteiger charge is -2.39. The van der Waals surface area contributed by atoms with Gasteiger partial charge in [0.1, 0.15) is 5.54 Å². The van der Waals surface area contributed by atoms with Crippen LogP contribution in [0, 0.1) is 11.3 Å². The molecule has 2 unspecified atom stereocenters. The van der Waals surface area contributed by atoms with Gasteiger partial charge in [0.25, 0.3) is 0 Å². The molecule has 0 spiro atoms. The summed E-state index contributed by atoms with van der Waals surface area (Å²) in [7, 11) is 0. The summed E-state index contributed by atoms with van der Waals surface area (Å²) in [5.74, 6) is 0.336. The minimum Gasteiger partial charge on any atom is -0.299 e. The molecular formula is C15H20N2. The molecule has 0 bridgehead atoms. The van der Waals surface area contributed by atoms with E-state index in [0.29, 0.717) is 5.92 Å². The highest BCUT2D eigenvalue weighted by molar-refractivity contribution is 5.29. The van der Waals surface area contributed by atoms with Crippen LogP contribution in [0.4, 0.5) is 0 Å². The number of nitrogens with zero attached hydrogens (tertiary/aromatic N) is 1. The SMILES string of the molecule is CCNC1(C#N)CCCCC1c1ccccc1. The first-order valence-corrected chi connectivity index (χ1v) is 6.53. The molecule has 90 valence electrons. The molecule has 2 rings (SSSR count). The molecule has 0 heterocycles. The smallest absolute Gasteiger partial charge is 0.113 e. The van der Waals surface area contributed by atoms with Crippen LogP contribution < -0.4 is 5.32 Å². The predicted octanol–water partition coefficient (Wildman–Crippen LogP) is 3.22. The summed E-state index contributed by atoms with van der Waals surface area (Å²) in [6, 6.07) is 13.0. The van der Waals surface area contributed by atoms with Gasteiger partial charge in [-0.05, 0) is 24.9 Å². The van der Waals surface area contributed by atoms with E-state index in [4.69, 9.17) is 0 Å². The minimum atomic E-state index is -0.353. The lowest BCUT2D eigenvalue weighted by Crippen LogP contribution is -2.50. The Morgan fingerprint density at radius 2 is 2.12 bits per heavy atom. The average molecular weight is 228 g/mol. The predicted molar refractivity (Wildman–Crippen MR) is 69.7 cm³/mol.